The topological polar surface area (TPSA) is 106 Å². The lowest BCUT2D eigenvalue weighted by Crippen LogP contribution is -2.06. The van der Waals surface area contributed by atoms with E-state index in [2.05, 4.69) is 25.6 Å². The first kappa shape index (κ1) is 16.3. The molecule has 0 aliphatic carbocycles. The fraction of sp³-hybridized carbons (Fsp3) is 0.118. The monoisotopic (exact) mass is 336 g/mol. The lowest BCUT2D eigenvalue weighted by atomic mass is 10.2. The molecule has 3 aromatic rings. The summed E-state index contributed by atoms with van der Waals surface area (Å²) in [6.45, 7) is 3.80. The van der Waals surface area contributed by atoms with E-state index in [0.717, 1.165) is 11.3 Å². The number of anilines is 4. The highest BCUT2D eigenvalue weighted by atomic mass is 16.6. The van der Waals surface area contributed by atoms with Crippen LogP contribution in [0.5, 0.6) is 0 Å². The van der Waals surface area contributed by atoms with Crippen LogP contribution in [0.3, 0.4) is 0 Å². The molecule has 2 heterocycles. The standard InChI is InChI=1S/C17H16N6O2/c1-11-6-8-13(9-7-11)21-16-15(23(24)25)17(19-10-18-16)22-14-5-3-4-12(2)20-14/h3-10H,1-2H3,(H2,18,19,20,21,22). The summed E-state index contributed by atoms with van der Waals surface area (Å²) >= 11 is 0. The van der Waals surface area contributed by atoms with E-state index in [-0.39, 0.29) is 17.3 Å². The summed E-state index contributed by atoms with van der Waals surface area (Å²) in [4.78, 5) is 23.3. The van der Waals surface area contributed by atoms with Gasteiger partial charge >= 0.3 is 5.69 Å². The molecule has 0 radical (unpaired) electrons. The second-order valence-corrected chi connectivity index (χ2v) is 5.46. The van der Waals surface area contributed by atoms with Gasteiger partial charge in [-0.05, 0) is 38.1 Å². The maximum absolute atomic E-state index is 11.6. The van der Waals surface area contributed by atoms with Crippen molar-refractivity contribution in [2.75, 3.05) is 10.6 Å². The van der Waals surface area contributed by atoms with Gasteiger partial charge in [-0.25, -0.2) is 15.0 Å². The first-order valence-corrected chi connectivity index (χ1v) is 7.56. The lowest BCUT2D eigenvalue weighted by molar-refractivity contribution is -0.383. The summed E-state index contributed by atoms with van der Waals surface area (Å²) in [5, 5.41) is 17.4. The van der Waals surface area contributed by atoms with Crippen LogP contribution in [-0.4, -0.2) is 19.9 Å². The molecule has 0 spiro atoms. The number of benzene rings is 1. The largest absolute Gasteiger partial charge is 0.353 e. The van der Waals surface area contributed by atoms with Gasteiger partial charge in [-0.15, -0.1) is 0 Å². The number of aryl methyl sites for hydroxylation is 2. The zero-order valence-electron chi connectivity index (χ0n) is 13.7. The number of aromatic nitrogens is 3. The molecule has 2 aromatic heterocycles. The third-order valence-corrected chi connectivity index (χ3v) is 3.45. The van der Waals surface area contributed by atoms with Crippen LogP contribution >= 0.6 is 0 Å². The average Bonchev–Trinajstić information content (AvgIpc) is 2.57. The molecule has 3 rings (SSSR count). The maximum Gasteiger partial charge on any atom is 0.353 e. The molecule has 126 valence electrons. The zero-order chi connectivity index (χ0) is 17.8. The number of hydrogen-bond acceptors (Lipinski definition) is 7. The highest BCUT2D eigenvalue weighted by Crippen LogP contribution is 2.32. The van der Waals surface area contributed by atoms with Crippen LogP contribution in [0, 0.1) is 24.0 Å². The van der Waals surface area contributed by atoms with Crippen LogP contribution in [0.15, 0.2) is 48.8 Å². The van der Waals surface area contributed by atoms with E-state index < -0.39 is 4.92 Å². The van der Waals surface area contributed by atoms with E-state index in [9.17, 15) is 10.1 Å². The summed E-state index contributed by atoms with van der Waals surface area (Å²) in [7, 11) is 0. The van der Waals surface area contributed by atoms with Gasteiger partial charge in [-0.3, -0.25) is 10.1 Å². The average molecular weight is 336 g/mol. The van der Waals surface area contributed by atoms with E-state index >= 15 is 0 Å². The molecular weight excluding hydrogens is 320 g/mol. The van der Waals surface area contributed by atoms with Crippen molar-refractivity contribution in [2.24, 2.45) is 0 Å². The quantitative estimate of drug-likeness (QED) is 0.538. The number of nitrogens with one attached hydrogen (secondary N) is 2. The van der Waals surface area contributed by atoms with Crippen LogP contribution < -0.4 is 10.6 Å². The molecule has 0 atom stereocenters. The molecule has 1 aromatic carbocycles. The van der Waals surface area contributed by atoms with Gasteiger partial charge in [0, 0.05) is 11.4 Å². The minimum absolute atomic E-state index is 0.0766. The number of pyridine rings is 1. The van der Waals surface area contributed by atoms with Gasteiger partial charge in [0.15, 0.2) is 0 Å². The Balaban J connectivity index is 1.96. The van der Waals surface area contributed by atoms with Gasteiger partial charge < -0.3 is 10.6 Å². The van der Waals surface area contributed by atoms with Crippen molar-refractivity contribution >= 4 is 28.8 Å². The summed E-state index contributed by atoms with van der Waals surface area (Å²) in [6, 6.07) is 12.8. The van der Waals surface area contributed by atoms with E-state index in [1.54, 1.807) is 6.07 Å². The first-order chi connectivity index (χ1) is 12.0. The fourth-order valence-electron chi connectivity index (χ4n) is 2.24. The van der Waals surface area contributed by atoms with Crippen LogP contribution in [0.2, 0.25) is 0 Å². The minimum atomic E-state index is -0.519. The van der Waals surface area contributed by atoms with Crippen LogP contribution in [-0.2, 0) is 0 Å². The van der Waals surface area contributed by atoms with Crippen LogP contribution in [0.1, 0.15) is 11.3 Å². The molecule has 0 aliphatic heterocycles. The summed E-state index contributed by atoms with van der Waals surface area (Å²) in [5.74, 6) is 0.662. The number of nitrogens with zero attached hydrogens (tertiary/aromatic N) is 4. The van der Waals surface area contributed by atoms with E-state index in [1.807, 2.05) is 50.2 Å². The zero-order valence-corrected chi connectivity index (χ0v) is 13.7. The Labute approximate surface area is 144 Å². The Morgan fingerprint density at radius 1 is 0.960 bits per heavy atom. The van der Waals surface area contributed by atoms with Crippen LogP contribution in [0.25, 0.3) is 0 Å². The highest BCUT2D eigenvalue weighted by Gasteiger charge is 2.23. The SMILES string of the molecule is Cc1ccc(Nc2ncnc(Nc3cccc(C)n3)c2[N+](=O)[O-])cc1. The third-order valence-electron chi connectivity index (χ3n) is 3.45. The predicted octanol–water partition coefficient (Wildman–Crippen LogP) is 3.88. The minimum Gasteiger partial charge on any atom is -0.334 e. The maximum atomic E-state index is 11.6. The molecule has 0 aliphatic rings. The summed E-state index contributed by atoms with van der Waals surface area (Å²) < 4.78 is 0. The third kappa shape index (κ3) is 3.86. The number of hydrogen-bond donors (Lipinski definition) is 2. The molecule has 8 nitrogen and oxygen atoms in total. The molecule has 0 bridgehead atoms. The van der Waals surface area contributed by atoms with Gasteiger partial charge in [0.25, 0.3) is 0 Å². The molecule has 0 saturated heterocycles. The normalized spacial score (nSPS) is 10.3. The molecule has 0 amide bonds. The molecule has 8 heteroatoms. The van der Waals surface area contributed by atoms with Gasteiger partial charge in [0.2, 0.25) is 11.6 Å². The Morgan fingerprint density at radius 2 is 1.64 bits per heavy atom. The van der Waals surface area contributed by atoms with Crippen molar-refractivity contribution in [2.45, 2.75) is 13.8 Å². The predicted molar refractivity (Wildman–Crippen MR) is 95.4 cm³/mol. The van der Waals surface area contributed by atoms with Crippen molar-refractivity contribution in [3.8, 4) is 0 Å². The Hall–Kier alpha value is -3.55. The molecule has 25 heavy (non-hydrogen) atoms. The number of nitro groups is 1. The number of rotatable bonds is 5. The second-order valence-electron chi connectivity index (χ2n) is 5.46. The van der Waals surface area contributed by atoms with Gasteiger partial charge in [0.1, 0.15) is 12.1 Å². The van der Waals surface area contributed by atoms with Crippen molar-refractivity contribution in [3.05, 3.63) is 70.2 Å². The van der Waals surface area contributed by atoms with Gasteiger partial charge in [0.05, 0.1) is 4.92 Å². The van der Waals surface area contributed by atoms with Crippen molar-refractivity contribution in [1.82, 2.24) is 15.0 Å². The van der Waals surface area contributed by atoms with E-state index in [0.29, 0.717) is 11.5 Å². The fourth-order valence-corrected chi connectivity index (χ4v) is 2.24. The van der Waals surface area contributed by atoms with E-state index in [1.165, 1.54) is 6.33 Å². The Morgan fingerprint density at radius 3 is 2.28 bits per heavy atom. The van der Waals surface area contributed by atoms with Gasteiger partial charge in [-0.2, -0.15) is 0 Å². The van der Waals surface area contributed by atoms with Crippen molar-refractivity contribution < 1.29 is 4.92 Å². The molecular formula is C17H16N6O2. The summed E-state index contributed by atoms with van der Waals surface area (Å²) in [5.41, 5.74) is 2.34. The smallest absolute Gasteiger partial charge is 0.334 e. The Kier molecular flexibility index (Phi) is 4.51. The van der Waals surface area contributed by atoms with Gasteiger partial charge in [-0.1, -0.05) is 23.8 Å². The molecule has 0 fully saturated rings. The molecule has 2 N–H and O–H groups in total. The Bertz CT molecular complexity index is 911. The van der Waals surface area contributed by atoms with Crippen molar-refractivity contribution in [1.29, 1.82) is 0 Å². The lowest BCUT2D eigenvalue weighted by Gasteiger charge is -2.10. The van der Waals surface area contributed by atoms with E-state index in [4.69, 9.17) is 0 Å². The summed E-state index contributed by atoms with van der Waals surface area (Å²) in [6.07, 6.45) is 1.27. The van der Waals surface area contributed by atoms with Crippen LogP contribution in [0.4, 0.5) is 28.8 Å². The first-order valence-electron chi connectivity index (χ1n) is 7.56. The highest BCUT2D eigenvalue weighted by molar-refractivity contribution is 5.76. The second kappa shape index (κ2) is 6.91. The molecule has 0 saturated carbocycles. The van der Waals surface area contributed by atoms with Crippen molar-refractivity contribution in [3.63, 3.8) is 0 Å². The molecule has 0 unspecified atom stereocenters.